The minimum absolute atomic E-state index is 0.339. The van der Waals surface area contributed by atoms with E-state index >= 15 is 0 Å². The van der Waals surface area contributed by atoms with Crippen LogP contribution in [0.15, 0.2) is 36.4 Å². The Hall–Kier alpha value is -2.80. The van der Waals surface area contributed by atoms with Gasteiger partial charge in [-0.25, -0.2) is 4.79 Å². The van der Waals surface area contributed by atoms with Crippen LogP contribution in [0.25, 0.3) is 0 Å². The van der Waals surface area contributed by atoms with E-state index in [2.05, 4.69) is 36.6 Å². The van der Waals surface area contributed by atoms with Gasteiger partial charge in [-0.1, -0.05) is 26.0 Å². The number of ether oxygens (including phenoxy) is 3. The van der Waals surface area contributed by atoms with Crippen LogP contribution in [0.3, 0.4) is 0 Å². The molecule has 156 valence electrons. The molecule has 0 aliphatic heterocycles. The Bertz CT molecular complexity index is 868. The largest absolute Gasteiger partial charge is 0.490 e. The second kappa shape index (κ2) is 10.7. The number of esters is 1. The molecule has 0 aromatic heterocycles. The Balaban J connectivity index is 2.33. The number of nitrogens with one attached hydrogen (secondary N) is 2. The maximum absolute atomic E-state index is 12.1. The molecule has 0 atom stereocenters. The zero-order valence-corrected chi connectivity index (χ0v) is 18.3. The first-order valence-electron chi connectivity index (χ1n) is 9.59. The van der Waals surface area contributed by atoms with Gasteiger partial charge in [-0.15, -0.1) is 0 Å². The van der Waals surface area contributed by atoms with Crippen LogP contribution < -0.4 is 20.1 Å². The molecule has 0 heterocycles. The number of carbonyl (C=O) groups excluding carboxylic acids is 1. The van der Waals surface area contributed by atoms with Gasteiger partial charge in [-0.2, -0.15) is 0 Å². The van der Waals surface area contributed by atoms with E-state index in [9.17, 15) is 4.79 Å². The van der Waals surface area contributed by atoms with E-state index in [4.69, 9.17) is 26.4 Å². The zero-order chi connectivity index (χ0) is 21.4. The molecule has 7 heteroatoms. The molecule has 0 saturated heterocycles. The van der Waals surface area contributed by atoms with Gasteiger partial charge in [0.1, 0.15) is 0 Å². The highest BCUT2D eigenvalue weighted by molar-refractivity contribution is 7.80. The summed E-state index contributed by atoms with van der Waals surface area (Å²) in [5.41, 5.74) is 2.95. The number of benzene rings is 2. The van der Waals surface area contributed by atoms with Crippen LogP contribution in [-0.2, 0) is 4.74 Å². The first-order valence-corrected chi connectivity index (χ1v) is 10.00. The molecule has 0 amide bonds. The molecule has 0 fully saturated rings. The molecule has 0 radical (unpaired) electrons. The van der Waals surface area contributed by atoms with Crippen molar-refractivity contribution >= 4 is 34.7 Å². The van der Waals surface area contributed by atoms with Crippen molar-refractivity contribution in [2.24, 2.45) is 0 Å². The fraction of sp³-hybridized carbons (Fsp3) is 0.364. The lowest BCUT2D eigenvalue weighted by molar-refractivity contribution is 0.0600. The van der Waals surface area contributed by atoms with Crippen molar-refractivity contribution in [2.45, 2.75) is 33.6 Å². The molecule has 2 rings (SSSR count). The van der Waals surface area contributed by atoms with Gasteiger partial charge in [0.05, 0.1) is 31.6 Å². The van der Waals surface area contributed by atoms with Gasteiger partial charge in [0, 0.05) is 5.69 Å². The van der Waals surface area contributed by atoms with Crippen molar-refractivity contribution in [1.29, 1.82) is 0 Å². The smallest absolute Gasteiger partial charge is 0.338 e. The van der Waals surface area contributed by atoms with Crippen molar-refractivity contribution in [3.05, 3.63) is 47.5 Å². The maximum Gasteiger partial charge on any atom is 0.338 e. The highest BCUT2D eigenvalue weighted by Gasteiger charge is 2.18. The van der Waals surface area contributed by atoms with E-state index < -0.39 is 5.97 Å². The third-order valence-corrected chi connectivity index (χ3v) is 4.33. The standard InChI is InChI=1S/C22H28N2O4S/c1-6-27-19-13-16(21(25)26-5)12-18(20(19)28-7-2)24-22(29)23-17-10-8-9-15(11-17)14(3)4/h8-14H,6-7H2,1-5H3,(H2,23,24,29). The van der Waals surface area contributed by atoms with E-state index in [0.29, 0.717) is 47.0 Å². The van der Waals surface area contributed by atoms with Crippen LogP contribution in [0.1, 0.15) is 49.5 Å². The third kappa shape index (κ3) is 6.09. The third-order valence-electron chi connectivity index (χ3n) is 4.12. The van der Waals surface area contributed by atoms with Gasteiger partial charge in [0.2, 0.25) is 0 Å². The van der Waals surface area contributed by atoms with E-state index in [-0.39, 0.29) is 0 Å². The van der Waals surface area contributed by atoms with Gasteiger partial charge in [0.25, 0.3) is 0 Å². The summed E-state index contributed by atoms with van der Waals surface area (Å²) >= 11 is 5.48. The van der Waals surface area contributed by atoms with Gasteiger partial charge < -0.3 is 24.8 Å². The molecule has 0 unspecified atom stereocenters. The Morgan fingerprint density at radius 3 is 2.41 bits per heavy atom. The van der Waals surface area contributed by atoms with Gasteiger partial charge in [-0.05, 0) is 61.8 Å². The van der Waals surface area contributed by atoms with Crippen LogP contribution in [0.5, 0.6) is 11.5 Å². The average molecular weight is 417 g/mol. The summed E-state index contributed by atoms with van der Waals surface area (Å²) < 4.78 is 16.3. The van der Waals surface area contributed by atoms with E-state index in [1.165, 1.54) is 12.7 Å². The van der Waals surface area contributed by atoms with Crippen molar-refractivity contribution in [2.75, 3.05) is 31.0 Å². The first kappa shape index (κ1) is 22.5. The number of rotatable bonds is 8. The first-order chi connectivity index (χ1) is 13.9. The highest BCUT2D eigenvalue weighted by Crippen LogP contribution is 2.37. The number of hydrogen-bond donors (Lipinski definition) is 2. The summed E-state index contributed by atoms with van der Waals surface area (Å²) in [7, 11) is 1.33. The number of thiocarbonyl (C=S) groups is 1. The highest BCUT2D eigenvalue weighted by atomic mass is 32.1. The fourth-order valence-corrected chi connectivity index (χ4v) is 2.97. The summed E-state index contributed by atoms with van der Waals surface area (Å²) in [5, 5.41) is 6.67. The van der Waals surface area contributed by atoms with Crippen molar-refractivity contribution in [3.63, 3.8) is 0 Å². The minimum Gasteiger partial charge on any atom is -0.490 e. The van der Waals surface area contributed by atoms with Gasteiger partial charge >= 0.3 is 5.97 Å². The monoisotopic (exact) mass is 416 g/mol. The molecule has 0 bridgehead atoms. The molecule has 2 aromatic carbocycles. The Kier molecular flexibility index (Phi) is 8.27. The Morgan fingerprint density at radius 1 is 1.07 bits per heavy atom. The maximum atomic E-state index is 12.1. The number of anilines is 2. The molecule has 0 spiro atoms. The van der Waals surface area contributed by atoms with E-state index in [0.717, 1.165) is 5.69 Å². The SMILES string of the molecule is CCOc1cc(C(=O)OC)cc(NC(=S)Nc2cccc(C(C)C)c2)c1OCC. The van der Waals surface area contributed by atoms with Crippen LogP contribution >= 0.6 is 12.2 Å². The van der Waals surface area contributed by atoms with E-state index in [1.54, 1.807) is 12.1 Å². The molecule has 29 heavy (non-hydrogen) atoms. The predicted molar refractivity (Wildman–Crippen MR) is 120 cm³/mol. The molecule has 2 aromatic rings. The number of hydrogen-bond acceptors (Lipinski definition) is 5. The molecule has 6 nitrogen and oxygen atoms in total. The van der Waals surface area contributed by atoms with Crippen LogP contribution in [-0.4, -0.2) is 31.4 Å². The average Bonchev–Trinajstić information content (AvgIpc) is 2.69. The number of methoxy groups -OCH3 is 1. The minimum atomic E-state index is -0.472. The normalized spacial score (nSPS) is 10.4. The van der Waals surface area contributed by atoms with Gasteiger partial charge in [-0.3, -0.25) is 0 Å². The van der Waals surface area contributed by atoms with Crippen LogP contribution in [0, 0.1) is 0 Å². The zero-order valence-electron chi connectivity index (χ0n) is 17.5. The Labute approximate surface area is 177 Å². The molecule has 0 aliphatic carbocycles. The quantitative estimate of drug-likeness (QED) is 0.453. The summed E-state index contributed by atoms with van der Waals surface area (Å²) in [5.74, 6) is 0.875. The molecule has 0 aliphatic rings. The van der Waals surface area contributed by atoms with Crippen molar-refractivity contribution in [3.8, 4) is 11.5 Å². The summed E-state index contributed by atoms with van der Waals surface area (Å²) in [6, 6.07) is 11.3. The lowest BCUT2D eigenvalue weighted by Crippen LogP contribution is -2.20. The summed E-state index contributed by atoms with van der Waals surface area (Å²) in [6.07, 6.45) is 0. The van der Waals surface area contributed by atoms with Crippen molar-refractivity contribution in [1.82, 2.24) is 0 Å². The lowest BCUT2D eigenvalue weighted by atomic mass is 10.0. The molecule has 0 saturated carbocycles. The van der Waals surface area contributed by atoms with Crippen LogP contribution in [0.2, 0.25) is 0 Å². The van der Waals surface area contributed by atoms with E-state index in [1.807, 2.05) is 26.0 Å². The van der Waals surface area contributed by atoms with Crippen molar-refractivity contribution < 1.29 is 19.0 Å². The topological polar surface area (TPSA) is 68.8 Å². The Morgan fingerprint density at radius 2 is 1.79 bits per heavy atom. The summed E-state index contributed by atoms with van der Waals surface area (Å²) in [6.45, 7) is 8.87. The fourth-order valence-electron chi connectivity index (χ4n) is 2.75. The lowest BCUT2D eigenvalue weighted by Gasteiger charge is -2.19. The number of carbonyl (C=O) groups is 1. The molecule has 2 N–H and O–H groups in total. The van der Waals surface area contributed by atoms with Gasteiger partial charge in [0.15, 0.2) is 16.6 Å². The second-order valence-electron chi connectivity index (χ2n) is 6.57. The molecular formula is C22H28N2O4S. The van der Waals surface area contributed by atoms with Crippen LogP contribution in [0.4, 0.5) is 11.4 Å². The predicted octanol–water partition coefficient (Wildman–Crippen LogP) is 5.20. The molecular weight excluding hydrogens is 388 g/mol. The summed E-state index contributed by atoms with van der Waals surface area (Å²) in [4.78, 5) is 12.1. The second-order valence-corrected chi connectivity index (χ2v) is 6.98.